The summed E-state index contributed by atoms with van der Waals surface area (Å²) >= 11 is 0. The second kappa shape index (κ2) is 7.67. The van der Waals surface area contributed by atoms with Gasteiger partial charge in [0.25, 0.3) is 11.1 Å². The van der Waals surface area contributed by atoms with E-state index in [4.69, 9.17) is 0 Å². The number of pyridine rings is 1. The molecule has 0 aliphatic carbocycles. The number of anilines is 1. The van der Waals surface area contributed by atoms with Gasteiger partial charge in [0, 0.05) is 23.8 Å². The molecule has 3 aromatic heterocycles. The quantitative estimate of drug-likeness (QED) is 0.544. The van der Waals surface area contributed by atoms with Crippen LogP contribution in [0.5, 0.6) is 0 Å². The number of hydrogen-bond acceptors (Lipinski definition) is 6. The van der Waals surface area contributed by atoms with Gasteiger partial charge in [0.05, 0.1) is 29.4 Å². The van der Waals surface area contributed by atoms with Gasteiger partial charge < -0.3 is 5.32 Å². The van der Waals surface area contributed by atoms with E-state index in [2.05, 4.69) is 25.4 Å². The van der Waals surface area contributed by atoms with Crippen molar-refractivity contribution in [3.63, 3.8) is 0 Å². The smallest absolute Gasteiger partial charge is 0.275 e. The first kappa shape index (κ1) is 18.5. The molecule has 0 unspecified atom stereocenters. The lowest BCUT2D eigenvalue weighted by Crippen LogP contribution is -2.28. The molecule has 4 rings (SSSR count). The van der Waals surface area contributed by atoms with E-state index in [9.17, 15) is 9.59 Å². The SMILES string of the molecule is C[C@H](Nc1nc([C@H](C)n2ncc3ccccc3c2=O)cc(=O)[nH]1)c1cccnc1. The van der Waals surface area contributed by atoms with Crippen molar-refractivity contribution in [2.45, 2.75) is 25.9 Å². The van der Waals surface area contributed by atoms with Gasteiger partial charge in [-0.3, -0.25) is 19.6 Å². The van der Waals surface area contributed by atoms with E-state index in [0.29, 0.717) is 17.0 Å². The van der Waals surface area contributed by atoms with Gasteiger partial charge in [-0.15, -0.1) is 0 Å². The van der Waals surface area contributed by atoms with Crippen LogP contribution in [-0.2, 0) is 0 Å². The molecule has 0 bridgehead atoms. The fraction of sp³-hybridized carbons (Fsp3) is 0.190. The normalized spacial score (nSPS) is 13.2. The molecule has 0 aliphatic heterocycles. The summed E-state index contributed by atoms with van der Waals surface area (Å²) in [7, 11) is 0. The molecular formula is C21H20N6O2. The number of nitrogens with one attached hydrogen (secondary N) is 2. The summed E-state index contributed by atoms with van der Waals surface area (Å²) in [6.07, 6.45) is 5.10. The van der Waals surface area contributed by atoms with E-state index < -0.39 is 6.04 Å². The fourth-order valence-electron chi connectivity index (χ4n) is 3.19. The Morgan fingerprint density at radius 3 is 2.69 bits per heavy atom. The molecule has 0 spiro atoms. The molecule has 8 heteroatoms. The third-order valence-electron chi connectivity index (χ3n) is 4.81. The Bertz CT molecular complexity index is 1270. The van der Waals surface area contributed by atoms with Crippen molar-refractivity contribution < 1.29 is 0 Å². The van der Waals surface area contributed by atoms with Gasteiger partial charge >= 0.3 is 0 Å². The molecule has 0 aliphatic rings. The summed E-state index contributed by atoms with van der Waals surface area (Å²) in [6.45, 7) is 3.74. The highest BCUT2D eigenvalue weighted by molar-refractivity contribution is 5.80. The molecule has 8 nitrogen and oxygen atoms in total. The molecule has 0 amide bonds. The zero-order chi connectivity index (χ0) is 20.4. The van der Waals surface area contributed by atoms with Crippen molar-refractivity contribution >= 4 is 16.7 Å². The van der Waals surface area contributed by atoms with Gasteiger partial charge in [0.1, 0.15) is 0 Å². The minimum atomic E-state index is -0.511. The molecule has 0 radical (unpaired) electrons. The van der Waals surface area contributed by atoms with Gasteiger partial charge in [0.15, 0.2) is 0 Å². The van der Waals surface area contributed by atoms with E-state index in [1.807, 2.05) is 37.3 Å². The molecule has 29 heavy (non-hydrogen) atoms. The third-order valence-corrected chi connectivity index (χ3v) is 4.81. The monoisotopic (exact) mass is 388 g/mol. The number of H-pyrrole nitrogens is 1. The maximum absolute atomic E-state index is 12.8. The van der Waals surface area contributed by atoms with Crippen molar-refractivity contribution in [1.29, 1.82) is 0 Å². The number of benzene rings is 1. The van der Waals surface area contributed by atoms with E-state index >= 15 is 0 Å². The molecule has 0 fully saturated rings. The second-order valence-electron chi connectivity index (χ2n) is 6.83. The van der Waals surface area contributed by atoms with Gasteiger partial charge in [-0.1, -0.05) is 24.3 Å². The highest BCUT2D eigenvalue weighted by atomic mass is 16.1. The third kappa shape index (κ3) is 3.77. The number of aromatic nitrogens is 5. The van der Waals surface area contributed by atoms with Gasteiger partial charge in [-0.25, -0.2) is 9.67 Å². The van der Waals surface area contributed by atoms with Gasteiger partial charge in [0.2, 0.25) is 5.95 Å². The van der Waals surface area contributed by atoms with E-state index in [1.54, 1.807) is 31.6 Å². The topological polar surface area (TPSA) is 106 Å². The van der Waals surface area contributed by atoms with Crippen molar-refractivity contribution in [2.75, 3.05) is 5.32 Å². The predicted molar refractivity (Wildman–Crippen MR) is 111 cm³/mol. The standard InChI is InChI=1S/C21H20N6O2/c1-13(15-7-5-9-22-11-15)24-21-25-18(10-19(28)26-21)14(2)27-20(29)17-8-4-3-6-16(17)12-23-27/h3-14H,1-2H3,(H2,24,25,26,28)/t13-,14-/m0/s1. The van der Waals surface area contributed by atoms with E-state index in [-0.39, 0.29) is 17.2 Å². The number of nitrogens with zero attached hydrogens (tertiary/aromatic N) is 4. The molecule has 2 N–H and O–H groups in total. The summed E-state index contributed by atoms with van der Waals surface area (Å²) in [5.74, 6) is 0.324. The van der Waals surface area contributed by atoms with Gasteiger partial charge in [-0.2, -0.15) is 5.10 Å². The first-order chi connectivity index (χ1) is 14.0. The Morgan fingerprint density at radius 1 is 1.07 bits per heavy atom. The van der Waals surface area contributed by atoms with Crippen LogP contribution in [0, 0.1) is 0 Å². The number of aromatic amines is 1. The largest absolute Gasteiger partial charge is 0.349 e. The van der Waals surface area contributed by atoms with Crippen LogP contribution in [0.4, 0.5) is 5.95 Å². The number of fused-ring (bicyclic) bond motifs is 1. The van der Waals surface area contributed by atoms with Crippen LogP contribution >= 0.6 is 0 Å². The van der Waals surface area contributed by atoms with Crippen molar-refractivity contribution in [3.05, 3.63) is 93.0 Å². The van der Waals surface area contributed by atoms with Crippen molar-refractivity contribution in [3.8, 4) is 0 Å². The highest BCUT2D eigenvalue weighted by Gasteiger charge is 2.16. The van der Waals surface area contributed by atoms with E-state index in [1.165, 1.54) is 10.7 Å². The molecule has 0 saturated carbocycles. The summed E-state index contributed by atoms with van der Waals surface area (Å²) in [6, 6.07) is 11.8. The second-order valence-corrected chi connectivity index (χ2v) is 6.83. The average Bonchev–Trinajstić information content (AvgIpc) is 2.74. The van der Waals surface area contributed by atoms with Crippen LogP contribution in [0.25, 0.3) is 10.8 Å². The summed E-state index contributed by atoms with van der Waals surface area (Å²) < 4.78 is 1.35. The lowest BCUT2D eigenvalue weighted by atomic mass is 10.1. The van der Waals surface area contributed by atoms with Crippen molar-refractivity contribution in [1.82, 2.24) is 24.7 Å². The zero-order valence-electron chi connectivity index (χ0n) is 16.0. The number of hydrogen-bond donors (Lipinski definition) is 2. The van der Waals surface area contributed by atoms with E-state index in [0.717, 1.165) is 10.9 Å². The molecule has 2 atom stereocenters. The maximum Gasteiger partial charge on any atom is 0.275 e. The Morgan fingerprint density at radius 2 is 1.90 bits per heavy atom. The van der Waals surface area contributed by atoms with Crippen LogP contribution in [-0.4, -0.2) is 24.7 Å². The van der Waals surface area contributed by atoms with Crippen molar-refractivity contribution in [2.24, 2.45) is 0 Å². The minimum absolute atomic E-state index is 0.112. The first-order valence-corrected chi connectivity index (χ1v) is 9.27. The fourth-order valence-corrected chi connectivity index (χ4v) is 3.19. The molecule has 0 saturated heterocycles. The van der Waals surface area contributed by atoms with Crippen LogP contribution in [0.3, 0.4) is 0 Å². The lowest BCUT2D eigenvalue weighted by Gasteiger charge is -2.17. The highest BCUT2D eigenvalue weighted by Crippen LogP contribution is 2.18. The zero-order valence-corrected chi connectivity index (χ0v) is 16.0. The first-order valence-electron chi connectivity index (χ1n) is 9.27. The molecule has 3 heterocycles. The Kier molecular flexibility index (Phi) is 4.90. The lowest BCUT2D eigenvalue weighted by molar-refractivity contribution is 0.524. The molecule has 1 aromatic carbocycles. The molecule has 4 aromatic rings. The number of rotatable bonds is 5. The Balaban J connectivity index is 1.68. The molecular weight excluding hydrogens is 368 g/mol. The van der Waals surface area contributed by atoms with Gasteiger partial charge in [-0.05, 0) is 31.5 Å². The maximum atomic E-state index is 12.8. The van der Waals surface area contributed by atoms with Crippen LogP contribution in [0.2, 0.25) is 0 Å². The Hall–Kier alpha value is -3.81. The van der Waals surface area contributed by atoms with Crippen LogP contribution < -0.4 is 16.4 Å². The summed E-state index contributed by atoms with van der Waals surface area (Å²) in [4.78, 5) is 36.4. The minimum Gasteiger partial charge on any atom is -0.349 e. The summed E-state index contributed by atoms with van der Waals surface area (Å²) in [5, 5.41) is 8.79. The van der Waals surface area contributed by atoms with Crippen LogP contribution in [0.15, 0.2) is 70.6 Å². The Labute approximate surface area is 166 Å². The molecule has 146 valence electrons. The van der Waals surface area contributed by atoms with Crippen LogP contribution in [0.1, 0.15) is 37.2 Å². The summed E-state index contributed by atoms with van der Waals surface area (Å²) in [5.41, 5.74) is 0.869. The average molecular weight is 388 g/mol. The predicted octanol–water partition coefficient (Wildman–Crippen LogP) is 2.66.